The standard InChI is InChI=1S/C12H14O.C11H20O/c1-9(13)11-8-4-6-10-5-2-3-7-12(10)11;1-4-11(12)10-6-8(2)5-9(3)7-10/h2-3,5,7,11H,4,6,8H2,1H3;8-10H,4-7H2,1-3H3. The highest BCUT2D eigenvalue weighted by Crippen LogP contribution is 2.34. The summed E-state index contributed by atoms with van der Waals surface area (Å²) in [7, 11) is 0. The maximum atomic E-state index is 11.5. The van der Waals surface area contributed by atoms with Crippen LogP contribution in [0.2, 0.25) is 0 Å². The van der Waals surface area contributed by atoms with E-state index in [1.165, 1.54) is 17.5 Å². The minimum absolute atomic E-state index is 0.171. The first-order valence-corrected chi connectivity index (χ1v) is 10.0. The Morgan fingerprint density at radius 2 is 1.68 bits per heavy atom. The fraction of sp³-hybridized carbons (Fsp3) is 0.652. The monoisotopic (exact) mass is 342 g/mol. The Bertz CT molecular complexity index is 580. The Kier molecular flexibility index (Phi) is 7.40. The molecule has 0 amide bonds. The van der Waals surface area contributed by atoms with Crippen LogP contribution < -0.4 is 0 Å². The number of ketones is 2. The van der Waals surface area contributed by atoms with Crippen molar-refractivity contribution >= 4 is 11.6 Å². The number of aryl methyl sites for hydroxylation is 1. The van der Waals surface area contributed by atoms with Crippen molar-refractivity contribution in [1.82, 2.24) is 0 Å². The molecule has 0 heterocycles. The molecule has 3 unspecified atom stereocenters. The fourth-order valence-corrected chi connectivity index (χ4v) is 4.67. The second-order valence-corrected chi connectivity index (χ2v) is 8.19. The molecule has 0 bridgehead atoms. The van der Waals surface area contributed by atoms with E-state index in [1.54, 1.807) is 6.92 Å². The van der Waals surface area contributed by atoms with Crippen molar-refractivity contribution in [2.24, 2.45) is 17.8 Å². The predicted molar refractivity (Wildman–Crippen MR) is 104 cm³/mol. The third-order valence-electron chi connectivity index (χ3n) is 5.84. The molecule has 2 aliphatic rings. The van der Waals surface area contributed by atoms with E-state index in [2.05, 4.69) is 32.0 Å². The summed E-state index contributed by atoms with van der Waals surface area (Å²) in [6.45, 7) is 8.22. The Balaban J connectivity index is 0.000000181. The number of benzene rings is 1. The van der Waals surface area contributed by atoms with Crippen molar-refractivity contribution < 1.29 is 9.59 Å². The third-order valence-corrected chi connectivity index (χ3v) is 5.84. The molecular formula is C23H34O2. The van der Waals surface area contributed by atoms with Gasteiger partial charge >= 0.3 is 0 Å². The first-order chi connectivity index (χ1) is 11.9. The molecule has 2 aliphatic carbocycles. The van der Waals surface area contributed by atoms with Gasteiger partial charge in [-0.25, -0.2) is 0 Å². The molecule has 0 N–H and O–H groups in total. The van der Waals surface area contributed by atoms with Crippen LogP contribution in [0.4, 0.5) is 0 Å². The molecule has 1 saturated carbocycles. The summed E-state index contributed by atoms with van der Waals surface area (Å²) >= 11 is 0. The SMILES string of the molecule is CC(=O)C1CCCc2ccccc21.CCC(=O)C1CC(C)CC(C)C1. The van der Waals surface area contributed by atoms with Crippen LogP contribution in [-0.2, 0) is 16.0 Å². The van der Waals surface area contributed by atoms with Gasteiger partial charge in [-0.1, -0.05) is 45.0 Å². The molecule has 1 fully saturated rings. The highest BCUT2D eigenvalue weighted by Gasteiger charge is 2.27. The number of rotatable bonds is 3. The third kappa shape index (κ3) is 5.52. The first-order valence-electron chi connectivity index (χ1n) is 10.0. The first kappa shape index (κ1) is 19.9. The summed E-state index contributed by atoms with van der Waals surface area (Å²) in [6, 6.07) is 8.33. The van der Waals surface area contributed by atoms with Gasteiger partial charge in [-0.2, -0.15) is 0 Å². The lowest BCUT2D eigenvalue weighted by molar-refractivity contribution is -0.124. The zero-order valence-corrected chi connectivity index (χ0v) is 16.4. The van der Waals surface area contributed by atoms with E-state index >= 15 is 0 Å². The van der Waals surface area contributed by atoms with Gasteiger partial charge in [0.25, 0.3) is 0 Å². The van der Waals surface area contributed by atoms with Crippen LogP contribution in [0.15, 0.2) is 24.3 Å². The lowest BCUT2D eigenvalue weighted by atomic mass is 9.75. The molecular weight excluding hydrogens is 308 g/mol. The maximum absolute atomic E-state index is 11.5. The van der Waals surface area contributed by atoms with Crippen LogP contribution >= 0.6 is 0 Å². The summed E-state index contributed by atoms with van der Waals surface area (Å²) in [6.07, 6.45) is 7.64. The van der Waals surface area contributed by atoms with Crippen LogP contribution in [-0.4, -0.2) is 11.6 Å². The van der Waals surface area contributed by atoms with Crippen molar-refractivity contribution in [1.29, 1.82) is 0 Å². The lowest BCUT2D eigenvalue weighted by Gasteiger charge is -2.30. The Hall–Kier alpha value is -1.44. The van der Waals surface area contributed by atoms with E-state index in [1.807, 2.05) is 13.0 Å². The average molecular weight is 343 g/mol. The Morgan fingerprint density at radius 3 is 2.28 bits per heavy atom. The Morgan fingerprint density at radius 1 is 1.04 bits per heavy atom. The second kappa shape index (κ2) is 9.31. The van der Waals surface area contributed by atoms with Gasteiger partial charge in [-0.3, -0.25) is 9.59 Å². The number of hydrogen-bond donors (Lipinski definition) is 0. The van der Waals surface area contributed by atoms with Crippen LogP contribution in [0.5, 0.6) is 0 Å². The van der Waals surface area contributed by atoms with Gasteiger partial charge in [-0.05, 0) is 68.4 Å². The van der Waals surface area contributed by atoms with E-state index in [-0.39, 0.29) is 5.92 Å². The quantitative estimate of drug-likeness (QED) is 0.702. The molecule has 1 aromatic rings. The fourth-order valence-electron chi connectivity index (χ4n) is 4.67. The predicted octanol–water partition coefficient (Wildman–Crippen LogP) is 5.73. The summed E-state index contributed by atoms with van der Waals surface area (Å²) in [5.41, 5.74) is 2.63. The average Bonchev–Trinajstić information content (AvgIpc) is 2.60. The minimum atomic E-state index is 0.171. The van der Waals surface area contributed by atoms with E-state index in [4.69, 9.17) is 0 Å². The van der Waals surface area contributed by atoms with Crippen LogP contribution in [0.25, 0.3) is 0 Å². The van der Waals surface area contributed by atoms with Crippen molar-refractivity contribution in [2.45, 2.75) is 78.6 Å². The van der Waals surface area contributed by atoms with Crippen molar-refractivity contribution in [3.05, 3.63) is 35.4 Å². The maximum Gasteiger partial charge on any atom is 0.137 e. The van der Waals surface area contributed by atoms with E-state index in [0.717, 1.165) is 50.4 Å². The van der Waals surface area contributed by atoms with Gasteiger partial charge in [0, 0.05) is 18.3 Å². The molecule has 0 spiro atoms. The molecule has 1 aromatic carbocycles. The molecule has 3 atom stereocenters. The lowest BCUT2D eigenvalue weighted by Crippen LogP contribution is -2.25. The number of carbonyl (C=O) groups excluding carboxylic acids is 2. The molecule has 0 radical (unpaired) electrons. The van der Waals surface area contributed by atoms with Crippen molar-refractivity contribution in [2.75, 3.05) is 0 Å². The minimum Gasteiger partial charge on any atom is -0.299 e. The molecule has 2 heteroatoms. The molecule has 0 aliphatic heterocycles. The molecule has 0 aromatic heterocycles. The number of hydrogen-bond acceptors (Lipinski definition) is 2. The van der Waals surface area contributed by atoms with Gasteiger partial charge in [0.05, 0.1) is 0 Å². The van der Waals surface area contributed by atoms with Crippen LogP contribution in [0.3, 0.4) is 0 Å². The summed E-state index contributed by atoms with van der Waals surface area (Å²) < 4.78 is 0. The summed E-state index contributed by atoms with van der Waals surface area (Å²) in [5.74, 6) is 2.86. The second-order valence-electron chi connectivity index (χ2n) is 8.19. The van der Waals surface area contributed by atoms with E-state index in [0.29, 0.717) is 17.5 Å². The van der Waals surface area contributed by atoms with Gasteiger partial charge in [0.2, 0.25) is 0 Å². The zero-order chi connectivity index (χ0) is 18.4. The summed E-state index contributed by atoms with van der Waals surface area (Å²) in [4.78, 5) is 22.8. The van der Waals surface area contributed by atoms with E-state index < -0.39 is 0 Å². The number of Topliss-reactive ketones (excluding diaryl/α,β-unsaturated/α-hetero) is 2. The highest BCUT2D eigenvalue weighted by molar-refractivity contribution is 5.84. The highest BCUT2D eigenvalue weighted by atomic mass is 16.1. The van der Waals surface area contributed by atoms with Crippen LogP contribution in [0.1, 0.15) is 83.3 Å². The van der Waals surface area contributed by atoms with Crippen LogP contribution in [0, 0.1) is 17.8 Å². The van der Waals surface area contributed by atoms with Gasteiger partial charge < -0.3 is 0 Å². The smallest absolute Gasteiger partial charge is 0.137 e. The topological polar surface area (TPSA) is 34.1 Å². The summed E-state index contributed by atoms with van der Waals surface area (Å²) in [5, 5.41) is 0. The number of carbonyl (C=O) groups is 2. The molecule has 2 nitrogen and oxygen atoms in total. The van der Waals surface area contributed by atoms with E-state index in [9.17, 15) is 9.59 Å². The molecule has 0 saturated heterocycles. The molecule has 138 valence electrons. The normalized spacial score (nSPS) is 28.3. The van der Waals surface area contributed by atoms with Crippen molar-refractivity contribution in [3.8, 4) is 0 Å². The van der Waals surface area contributed by atoms with Gasteiger partial charge in [0.15, 0.2) is 0 Å². The zero-order valence-electron chi connectivity index (χ0n) is 16.4. The molecule has 3 rings (SSSR count). The van der Waals surface area contributed by atoms with Gasteiger partial charge in [0.1, 0.15) is 11.6 Å². The Labute approximate surface area is 153 Å². The van der Waals surface area contributed by atoms with Crippen molar-refractivity contribution in [3.63, 3.8) is 0 Å². The van der Waals surface area contributed by atoms with Gasteiger partial charge in [-0.15, -0.1) is 0 Å². The number of fused-ring (bicyclic) bond motifs is 1. The largest absolute Gasteiger partial charge is 0.299 e. The molecule has 25 heavy (non-hydrogen) atoms.